The number of carbonyl (C=O) groups is 3. The van der Waals surface area contributed by atoms with Crippen LogP contribution in [0.5, 0.6) is 0 Å². The van der Waals surface area contributed by atoms with Crippen molar-refractivity contribution in [2.45, 2.75) is 200 Å². The lowest BCUT2D eigenvalue weighted by Crippen LogP contribution is -2.30. The van der Waals surface area contributed by atoms with E-state index in [4.69, 9.17) is 14.2 Å². The Hall–Kier alpha value is -4.45. The van der Waals surface area contributed by atoms with Gasteiger partial charge in [0.1, 0.15) is 13.2 Å². The summed E-state index contributed by atoms with van der Waals surface area (Å²) >= 11 is 0. The summed E-state index contributed by atoms with van der Waals surface area (Å²) in [4.78, 5) is 37.9. The van der Waals surface area contributed by atoms with Crippen molar-refractivity contribution in [2.75, 3.05) is 13.2 Å². The molecule has 0 fully saturated rings. The Labute approximate surface area is 392 Å². The number of unbranched alkanes of at least 4 members (excludes halogenated alkanes) is 16. The van der Waals surface area contributed by atoms with Crippen molar-refractivity contribution in [3.8, 4) is 0 Å². The third-order valence-corrected chi connectivity index (χ3v) is 10.1. The third kappa shape index (κ3) is 48.6. The van der Waals surface area contributed by atoms with E-state index >= 15 is 0 Å². The Morgan fingerprint density at radius 3 is 1.14 bits per heavy atom. The Kier molecular flexibility index (Phi) is 47.6. The van der Waals surface area contributed by atoms with Gasteiger partial charge < -0.3 is 14.2 Å². The quantitative estimate of drug-likeness (QED) is 0.0200. The number of esters is 3. The molecule has 0 aromatic heterocycles. The molecule has 0 aliphatic carbocycles. The van der Waals surface area contributed by atoms with Crippen molar-refractivity contribution < 1.29 is 28.6 Å². The Morgan fingerprint density at radius 1 is 0.344 bits per heavy atom. The molecule has 1 unspecified atom stereocenters. The molecule has 6 nitrogen and oxygen atoms in total. The van der Waals surface area contributed by atoms with Crippen molar-refractivity contribution in [1.29, 1.82) is 0 Å². The number of rotatable bonds is 43. The van der Waals surface area contributed by atoms with Crippen LogP contribution in [0.2, 0.25) is 0 Å². The molecule has 0 amide bonds. The van der Waals surface area contributed by atoms with Gasteiger partial charge in [0, 0.05) is 19.3 Å². The van der Waals surface area contributed by atoms with Crippen molar-refractivity contribution in [3.05, 3.63) is 134 Å². The fraction of sp³-hybridized carbons (Fsp3) is 0.569. The van der Waals surface area contributed by atoms with E-state index < -0.39 is 6.10 Å². The molecule has 0 spiro atoms. The molecule has 0 rings (SSSR count). The minimum absolute atomic E-state index is 0.110. The average Bonchev–Trinajstić information content (AvgIpc) is 3.29. The molecule has 0 bridgehead atoms. The smallest absolute Gasteiger partial charge is 0.306 e. The first kappa shape index (κ1) is 59.5. The van der Waals surface area contributed by atoms with Gasteiger partial charge in [0.2, 0.25) is 0 Å². The van der Waals surface area contributed by atoms with E-state index in [1.807, 2.05) is 72.9 Å². The summed E-state index contributed by atoms with van der Waals surface area (Å²) in [6, 6.07) is 0. The largest absolute Gasteiger partial charge is 0.462 e. The highest BCUT2D eigenvalue weighted by Crippen LogP contribution is 2.13. The van der Waals surface area contributed by atoms with Crippen LogP contribution in [0.1, 0.15) is 194 Å². The Balaban J connectivity index is 4.56. The molecule has 0 aromatic rings. The SMILES string of the molecule is CC\C=C/C=C\C=C/C=C\C=C\C=C/C=C\CCCCCC(=O)OCC(COC(=O)CCCCCCCCCCCCC)OC(=O)CCCCC/C=C\C/C=C\C/C=C\C/C=C\CC. The maximum atomic E-state index is 12.8. The molecule has 6 heteroatoms. The van der Waals surface area contributed by atoms with Gasteiger partial charge in [-0.15, -0.1) is 0 Å². The van der Waals surface area contributed by atoms with E-state index in [0.717, 1.165) is 96.3 Å². The van der Waals surface area contributed by atoms with Crippen LogP contribution in [0, 0.1) is 0 Å². The van der Waals surface area contributed by atoms with Crippen molar-refractivity contribution >= 4 is 17.9 Å². The fourth-order valence-corrected chi connectivity index (χ4v) is 6.36. The van der Waals surface area contributed by atoms with Gasteiger partial charge in [0.05, 0.1) is 0 Å². The van der Waals surface area contributed by atoms with Crippen LogP contribution in [-0.2, 0) is 28.6 Å². The first-order valence-electron chi connectivity index (χ1n) is 25.3. The highest BCUT2D eigenvalue weighted by molar-refractivity contribution is 5.71. The predicted octanol–water partition coefficient (Wildman–Crippen LogP) is 16.7. The minimum Gasteiger partial charge on any atom is -0.462 e. The molecule has 0 N–H and O–H groups in total. The molecule has 0 saturated heterocycles. The van der Waals surface area contributed by atoms with E-state index in [1.54, 1.807) is 0 Å². The van der Waals surface area contributed by atoms with Crippen molar-refractivity contribution in [1.82, 2.24) is 0 Å². The molecular weight excluding hydrogens is 793 g/mol. The summed E-state index contributed by atoms with van der Waals surface area (Å²) < 4.78 is 16.7. The van der Waals surface area contributed by atoms with Crippen LogP contribution in [-0.4, -0.2) is 37.2 Å². The number of hydrogen-bond acceptors (Lipinski definition) is 6. The van der Waals surface area contributed by atoms with Gasteiger partial charge in [-0.25, -0.2) is 0 Å². The standard InChI is InChI=1S/C58H90O6/c1-4-7-10-13-16-19-22-24-26-28-29-30-32-33-36-39-42-45-48-51-57(60)63-54-55(53-62-56(59)50-47-44-41-38-35-21-18-15-12-9-6-3)64-58(61)52-49-46-43-40-37-34-31-27-25-23-20-17-14-11-8-5-2/h7-8,10-11,13,16-17,19-20,22,24-30,32-34,36-37,55H,4-6,9,12,14-15,18,21,23,31,35,38-54H2,1-3H3/b10-7-,11-8-,16-13-,20-17-,22-19-,26-24-,27-25-,29-28+,32-30-,36-33-,37-34-. The highest BCUT2D eigenvalue weighted by atomic mass is 16.6. The van der Waals surface area contributed by atoms with Gasteiger partial charge in [-0.05, 0) is 77.0 Å². The van der Waals surface area contributed by atoms with Crippen LogP contribution in [0.25, 0.3) is 0 Å². The van der Waals surface area contributed by atoms with Gasteiger partial charge in [0.15, 0.2) is 6.10 Å². The maximum absolute atomic E-state index is 12.8. The summed E-state index contributed by atoms with van der Waals surface area (Å²) in [6.07, 6.45) is 71.4. The molecular formula is C58H90O6. The summed E-state index contributed by atoms with van der Waals surface area (Å²) in [7, 11) is 0. The highest BCUT2D eigenvalue weighted by Gasteiger charge is 2.19. The van der Waals surface area contributed by atoms with Crippen molar-refractivity contribution in [3.63, 3.8) is 0 Å². The molecule has 0 aliphatic rings. The number of hydrogen-bond donors (Lipinski definition) is 0. The minimum atomic E-state index is -0.816. The van der Waals surface area contributed by atoms with E-state index in [1.165, 1.54) is 51.4 Å². The third-order valence-electron chi connectivity index (χ3n) is 10.1. The zero-order valence-electron chi connectivity index (χ0n) is 40.7. The van der Waals surface area contributed by atoms with Gasteiger partial charge >= 0.3 is 17.9 Å². The molecule has 358 valence electrons. The summed E-state index contributed by atoms with van der Waals surface area (Å²) in [5.41, 5.74) is 0. The van der Waals surface area contributed by atoms with E-state index in [9.17, 15) is 14.4 Å². The van der Waals surface area contributed by atoms with Gasteiger partial charge in [-0.2, -0.15) is 0 Å². The van der Waals surface area contributed by atoms with Gasteiger partial charge in [-0.1, -0.05) is 231 Å². The Morgan fingerprint density at radius 2 is 0.688 bits per heavy atom. The molecule has 64 heavy (non-hydrogen) atoms. The molecule has 0 heterocycles. The van der Waals surface area contributed by atoms with Crippen LogP contribution < -0.4 is 0 Å². The van der Waals surface area contributed by atoms with E-state index in [0.29, 0.717) is 19.3 Å². The van der Waals surface area contributed by atoms with Gasteiger partial charge in [0.25, 0.3) is 0 Å². The van der Waals surface area contributed by atoms with Crippen LogP contribution in [0.15, 0.2) is 134 Å². The molecule has 0 radical (unpaired) electrons. The monoisotopic (exact) mass is 883 g/mol. The molecule has 0 aliphatic heterocycles. The Bertz CT molecular complexity index is 1430. The summed E-state index contributed by atoms with van der Waals surface area (Å²) in [5.74, 6) is -0.998. The lowest BCUT2D eigenvalue weighted by atomic mass is 10.1. The van der Waals surface area contributed by atoms with E-state index in [2.05, 4.69) is 81.5 Å². The van der Waals surface area contributed by atoms with Crippen LogP contribution >= 0.6 is 0 Å². The predicted molar refractivity (Wildman–Crippen MR) is 274 cm³/mol. The fourth-order valence-electron chi connectivity index (χ4n) is 6.36. The second-order valence-corrected chi connectivity index (χ2v) is 16.2. The summed E-state index contributed by atoms with van der Waals surface area (Å²) in [5, 5.41) is 0. The number of carbonyl (C=O) groups excluding carboxylic acids is 3. The van der Waals surface area contributed by atoms with Crippen molar-refractivity contribution in [2.24, 2.45) is 0 Å². The first-order chi connectivity index (χ1) is 31.5. The second-order valence-electron chi connectivity index (χ2n) is 16.2. The zero-order chi connectivity index (χ0) is 46.5. The lowest BCUT2D eigenvalue weighted by molar-refractivity contribution is -0.167. The molecule has 0 aromatic carbocycles. The normalized spacial score (nSPS) is 13.2. The maximum Gasteiger partial charge on any atom is 0.306 e. The van der Waals surface area contributed by atoms with Crippen LogP contribution in [0.4, 0.5) is 0 Å². The van der Waals surface area contributed by atoms with E-state index in [-0.39, 0.29) is 37.5 Å². The zero-order valence-corrected chi connectivity index (χ0v) is 40.7. The molecule has 0 saturated carbocycles. The second kappa shape index (κ2) is 51.2. The average molecular weight is 883 g/mol. The lowest BCUT2D eigenvalue weighted by Gasteiger charge is -2.18. The van der Waals surface area contributed by atoms with Crippen LogP contribution in [0.3, 0.4) is 0 Å². The topological polar surface area (TPSA) is 78.9 Å². The molecule has 1 atom stereocenters. The number of ether oxygens (including phenoxy) is 3. The summed E-state index contributed by atoms with van der Waals surface area (Å²) in [6.45, 7) is 6.28. The number of allylic oxidation sites excluding steroid dienone is 22. The van der Waals surface area contributed by atoms with Gasteiger partial charge in [-0.3, -0.25) is 14.4 Å². The first-order valence-corrected chi connectivity index (χ1v) is 25.3.